The first kappa shape index (κ1) is 21.4. The van der Waals surface area contributed by atoms with Crippen LogP contribution in [0.1, 0.15) is 92.9 Å². The molecule has 0 aliphatic rings. The Morgan fingerprint density at radius 3 is 2.05 bits per heavy atom. The van der Waals surface area contributed by atoms with Gasteiger partial charge in [0.05, 0.1) is 6.61 Å². The Morgan fingerprint density at radius 1 is 0.909 bits per heavy atom. The van der Waals surface area contributed by atoms with Crippen molar-refractivity contribution in [2.45, 2.75) is 104 Å². The van der Waals surface area contributed by atoms with Gasteiger partial charge in [-0.2, -0.15) is 0 Å². The zero-order chi connectivity index (χ0) is 17.1. The molecule has 0 bridgehead atoms. The SMILES string of the molecule is CCCCOOC(CC)(CCCC)C(=O)OC(C)(C)CCC. The normalized spacial score (nSPS) is 14.6. The Hall–Kier alpha value is -0.610. The van der Waals surface area contributed by atoms with Crippen molar-refractivity contribution in [3.63, 3.8) is 0 Å². The average molecular weight is 316 g/mol. The number of unbranched alkanes of at least 4 members (excludes halogenated alkanes) is 2. The van der Waals surface area contributed by atoms with Gasteiger partial charge in [0, 0.05) is 0 Å². The molecule has 0 radical (unpaired) electrons. The number of carbonyl (C=O) groups excluding carboxylic acids is 1. The molecule has 1 atom stereocenters. The summed E-state index contributed by atoms with van der Waals surface area (Å²) in [5, 5.41) is 0. The highest BCUT2D eigenvalue weighted by Gasteiger charge is 2.43. The fourth-order valence-corrected chi connectivity index (χ4v) is 2.37. The Morgan fingerprint density at radius 2 is 1.55 bits per heavy atom. The van der Waals surface area contributed by atoms with E-state index in [1.807, 2.05) is 20.8 Å². The van der Waals surface area contributed by atoms with E-state index in [1.54, 1.807) is 0 Å². The summed E-state index contributed by atoms with van der Waals surface area (Å²) >= 11 is 0. The quantitative estimate of drug-likeness (QED) is 0.203. The van der Waals surface area contributed by atoms with Crippen LogP contribution in [0.5, 0.6) is 0 Å². The Bertz CT molecular complexity index is 301. The molecule has 0 aromatic rings. The minimum Gasteiger partial charge on any atom is -0.457 e. The first-order valence-electron chi connectivity index (χ1n) is 8.91. The van der Waals surface area contributed by atoms with Crippen LogP contribution in [0.3, 0.4) is 0 Å². The van der Waals surface area contributed by atoms with E-state index in [4.69, 9.17) is 14.5 Å². The highest BCUT2D eigenvalue weighted by Crippen LogP contribution is 2.29. The van der Waals surface area contributed by atoms with Gasteiger partial charge >= 0.3 is 5.97 Å². The average Bonchev–Trinajstić information content (AvgIpc) is 2.46. The summed E-state index contributed by atoms with van der Waals surface area (Å²) in [5.74, 6) is -0.293. The van der Waals surface area contributed by atoms with Gasteiger partial charge in [-0.3, -0.25) is 0 Å². The summed E-state index contributed by atoms with van der Waals surface area (Å²) < 4.78 is 5.74. The molecular weight excluding hydrogens is 280 g/mol. The molecule has 0 aliphatic carbocycles. The van der Waals surface area contributed by atoms with Crippen LogP contribution in [0.15, 0.2) is 0 Å². The smallest absolute Gasteiger partial charge is 0.342 e. The second-order valence-electron chi connectivity index (χ2n) is 6.61. The molecule has 0 aliphatic heterocycles. The van der Waals surface area contributed by atoms with Crippen LogP contribution in [0.25, 0.3) is 0 Å². The molecule has 4 heteroatoms. The molecule has 0 rings (SSSR count). The molecule has 132 valence electrons. The Balaban J connectivity index is 4.89. The van der Waals surface area contributed by atoms with Gasteiger partial charge in [0.15, 0.2) is 5.60 Å². The van der Waals surface area contributed by atoms with Gasteiger partial charge in [-0.25, -0.2) is 14.6 Å². The third kappa shape index (κ3) is 7.59. The monoisotopic (exact) mass is 316 g/mol. The van der Waals surface area contributed by atoms with Crippen molar-refractivity contribution < 1.29 is 19.3 Å². The van der Waals surface area contributed by atoms with Gasteiger partial charge in [-0.05, 0) is 39.5 Å². The highest BCUT2D eigenvalue weighted by atomic mass is 17.2. The topological polar surface area (TPSA) is 44.8 Å². The van der Waals surface area contributed by atoms with Crippen LogP contribution in [0, 0.1) is 0 Å². The molecule has 4 nitrogen and oxygen atoms in total. The van der Waals surface area contributed by atoms with E-state index >= 15 is 0 Å². The predicted octanol–water partition coefficient (Wildman–Crippen LogP) is 5.20. The van der Waals surface area contributed by atoms with Crippen molar-refractivity contribution in [1.82, 2.24) is 0 Å². The van der Waals surface area contributed by atoms with E-state index in [0.29, 0.717) is 19.4 Å². The van der Waals surface area contributed by atoms with Gasteiger partial charge < -0.3 is 4.74 Å². The molecule has 1 unspecified atom stereocenters. The molecular formula is C18H36O4. The summed E-state index contributed by atoms with van der Waals surface area (Å²) in [6.07, 6.45) is 6.87. The van der Waals surface area contributed by atoms with Crippen LogP contribution >= 0.6 is 0 Å². The lowest BCUT2D eigenvalue weighted by atomic mass is 9.93. The molecule has 0 aromatic carbocycles. The van der Waals surface area contributed by atoms with Crippen LogP contribution in [-0.4, -0.2) is 23.8 Å². The lowest BCUT2D eigenvalue weighted by Crippen LogP contribution is -2.46. The summed E-state index contributed by atoms with van der Waals surface area (Å²) in [5.41, 5.74) is -1.44. The van der Waals surface area contributed by atoms with E-state index < -0.39 is 11.2 Å². The maximum atomic E-state index is 12.7. The van der Waals surface area contributed by atoms with Gasteiger partial charge in [0.1, 0.15) is 5.60 Å². The molecule has 0 aromatic heterocycles. The highest BCUT2D eigenvalue weighted by molar-refractivity contribution is 5.79. The number of ether oxygens (including phenoxy) is 1. The number of carbonyl (C=O) groups is 1. The number of hydrogen-bond donors (Lipinski definition) is 0. The predicted molar refractivity (Wildman–Crippen MR) is 89.6 cm³/mol. The molecule has 22 heavy (non-hydrogen) atoms. The first-order valence-corrected chi connectivity index (χ1v) is 8.91. The molecule has 0 N–H and O–H groups in total. The van der Waals surface area contributed by atoms with Crippen molar-refractivity contribution in [1.29, 1.82) is 0 Å². The van der Waals surface area contributed by atoms with Crippen molar-refractivity contribution in [3.05, 3.63) is 0 Å². The van der Waals surface area contributed by atoms with Crippen molar-refractivity contribution >= 4 is 5.97 Å². The lowest BCUT2D eigenvalue weighted by Gasteiger charge is -2.33. The van der Waals surface area contributed by atoms with E-state index in [9.17, 15) is 4.79 Å². The van der Waals surface area contributed by atoms with Crippen LogP contribution in [0.2, 0.25) is 0 Å². The molecule has 0 heterocycles. The second kappa shape index (κ2) is 11.0. The van der Waals surface area contributed by atoms with Crippen molar-refractivity contribution in [2.75, 3.05) is 6.61 Å². The van der Waals surface area contributed by atoms with E-state index in [1.165, 1.54) is 0 Å². The standard InChI is InChI=1S/C18H36O4/c1-7-11-14-18(10-4,22-20-15-12-8-2)16(19)21-17(5,6)13-9-3/h7-15H2,1-6H3. The zero-order valence-corrected chi connectivity index (χ0v) is 15.5. The largest absolute Gasteiger partial charge is 0.457 e. The zero-order valence-electron chi connectivity index (χ0n) is 15.5. The van der Waals surface area contributed by atoms with Crippen molar-refractivity contribution in [3.8, 4) is 0 Å². The van der Waals surface area contributed by atoms with Crippen LogP contribution < -0.4 is 0 Å². The number of esters is 1. The van der Waals surface area contributed by atoms with Gasteiger partial charge in [0.2, 0.25) is 0 Å². The minimum atomic E-state index is -0.977. The molecule has 0 amide bonds. The fourth-order valence-electron chi connectivity index (χ4n) is 2.37. The van der Waals surface area contributed by atoms with Gasteiger partial charge in [0.25, 0.3) is 0 Å². The minimum absolute atomic E-state index is 0.293. The summed E-state index contributed by atoms with van der Waals surface area (Å²) in [7, 11) is 0. The summed E-state index contributed by atoms with van der Waals surface area (Å²) in [4.78, 5) is 23.6. The van der Waals surface area contributed by atoms with Crippen LogP contribution in [-0.2, 0) is 19.3 Å². The summed E-state index contributed by atoms with van der Waals surface area (Å²) in [6.45, 7) is 12.6. The van der Waals surface area contributed by atoms with E-state index in [0.717, 1.165) is 38.5 Å². The lowest BCUT2D eigenvalue weighted by molar-refractivity contribution is -0.359. The summed E-state index contributed by atoms with van der Waals surface area (Å²) in [6, 6.07) is 0. The second-order valence-corrected chi connectivity index (χ2v) is 6.61. The molecule has 0 fully saturated rings. The molecule has 0 saturated carbocycles. The third-order valence-corrected chi connectivity index (χ3v) is 3.90. The number of rotatable bonds is 13. The third-order valence-electron chi connectivity index (χ3n) is 3.90. The maximum Gasteiger partial charge on any atom is 0.342 e. The first-order chi connectivity index (χ1) is 10.4. The van der Waals surface area contributed by atoms with Crippen LogP contribution in [0.4, 0.5) is 0 Å². The maximum absolute atomic E-state index is 12.7. The molecule has 0 spiro atoms. The van der Waals surface area contributed by atoms with Crippen molar-refractivity contribution in [2.24, 2.45) is 0 Å². The number of hydrogen-bond acceptors (Lipinski definition) is 4. The van der Waals surface area contributed by atoms with Gasteiger partial charge in [-0.1, -0.05) is 53.4 Å². The fraction of sp³-hybridized carbons (Fsp3) is 0.944. The van der Waals surface area contributed by atoms with E-state index in [-0.39, 0.29) is 5.97 Å². The molecule has 0 saturated heterocycles. The Labute approximate surface area is 136 Å². The van der Waals surface area contributed by atoms with Gasteiger partial charge in [-0.15, -0.1) is 0 Å². The Kier molecular flexibility index (Phi) is 10.7. The van der Waals surface area contributed by atoms with E-state index in [2.05, 4.69) is 20.8 Å².